The van der Waals surface area contributed by atoms with Crippen molar-refractivity contribution in [1.82, 2.24) is 0 Å². The maximum Gasteiger partial charge on any atom is 1.00 e. The maximum atomic E-state index is 12.0. The van der Waals surface area contributed by atoms with Gasteiger partial charge in [-0.05, 0) is 22.9 Å². The van der Waals surface area contributed by atoms with Crippen LogP contribution in [-0.2, 0) is 40.5 Å². The fraction of sp³-hybridized carbons (Fsp3) is 0. The molecule has 0 aliphatic heterocycles. The van der Waals surface area contributed by atoms with Gasteiger partial charge in [-0.15, -0.1) is 0 Å². The van der Waals surface area contributed by atoms with Gasteiger partial charge in [-0.2, -0.15) is 33.7 Å². The Hall–Kier alpha value is -1.44. The molecule has 0 spiro atoms. The Morgan fingerprint density at radius 3 is 1.36 bits per heavy atom. The largest absolute Gasteiger partial charge is 1.00 e. The summed E-state index contributed by atoms with van der Waals surface area (Å²) in [6, 6.07) is 5.29. The number of hydrogen-bond donors (Lipinski definition) is 4. The summed E-state index contributed by atoms with van der Waals surface area (Å²) in [6.45, 7) is 0. The van der Waals surface area contributed by atoms with Crippen molar-refractivity contribution in [2.75, 3.05) is 0 Å². The molecule has 17 heteroatoms. The van der Waals surface area contributed by atoms with Crippen molar-refractivity contribution >= 4 is 72.8 Å². The van der Waals surface area contributed by atoms with Crippen LogP contribution in [0.4, 0.5) is 0 Å². The van der Waals surface area contributed by atoms with Gasteiger partial charge in [0, 0.05) is 21.5 Å². The van der Waals surface area contributed by atoms with E-state index >= 15 is 0 Å². The summed E-state index contributed by atoms with van der Waals surface area (Å²) in [6.07, 6.45) is 0. The summed E-state index contributed by atoms with van der Waals surface area (Å²) < 4.78 is 134. The van der Waals surface area contributed by atoms with Crippen molar-refractivity contribution < 1.29 is 82.9 Å². The Morgan fingerprint density at radius 2 is 0.939 bits per heavy atom. The molecule has 0 heterocycles. The second-order valence-corrected chi connectivity index (χ2v) is 12.3. The van der Waals surface area contributed by atoms with Crippen molar-refractivity contribution in [3.63, 3.8) is 0 Å². The van der Waals surface area contributed by atoms with Crippen LogP contribution in [0.2, 0.25) is 0 Å². The average molecular weight is 547 g/mol. The molecule has 4 N–H and O–H groups in total. The Bertz CT molecular complexity index is 1860. The van der Waals surface area contributed by atoms with Crippen LogP contribution in [0.1, 0.15) is 1.43 Å². The van der Waals surface area contributed by atoms with Gasteiger partial charge in [0.05, 0.1) is 0 Å². The number of rotatable bonds is 4. The third-order valence-corrected chi connectivity index (χ3v) is 8.58. The van der Waals surface area contributed by atoms with Crippen molar-refractivity contribution in [1.29, 1.82) is 0 Å². The maximum absolute atomic E-state index is 12.0. The van der Waals surface area contributed by atoms with Crippen molar-refractivity contribution in [2.24, 2.45) is 0 Å². The van der Waals surface area contributed by atoms with Gasteiger partial charge in [0.2, 0.25) is 0 Å². The van der Waals surface area contributed by atoms with Gasteiger partial charge in [-0.25, -0.2) is 0 Å². The van der Waals surface area contributed by atoms with Crippen LogP contribution >= 0.6 is 0 Å². The van der Waals surface area contributed by atoms with Crippen LogP contribution in [-0.4, -0.2) is 51.9 Å². The van der Waals surface area contributed by atoms with E-state index in [0.29, 0.717) is 12.1 Å². The summed E-state index contributed by atoms with van der Waals surface area (Å²) in [4.78, 5) is -4.26. The molecule has 4 aromatic rings. The van der Waals surface area contributed by atoms with Gasteiger partial charge in [0.15, 0.2) is 0 Å². The summed E-state index contributed by atoms with van der Waals surface area (Å²) in [5.41, 5.74) is 0. The van der Waals surface area contributed by atoms with Crippen molar-refractivity contribution in [3.8, 4) is 0 Å². The molecule has 33 heavy (non-hydrogen) atoms. The molecule has 0 unspecified atom stereocenters. The molecule has 0 amide bonds. The third-order valence-electron chi connectivity index (χ3n) is 4.83. The topological polar surface area (TPSA) is 217 Å². The standard InChI is InChI=1S/C16H10O12S4.Na.H/c17-29(18,19)11-6-12(30(20,21)22)9-3-4-10-14-7(1-2-8(11)15(9)14)5-13(31(23,24)25)16(10)32(26,27)28;;/h1-6H,(H,17,18,19)(H,20,21,22)(H,23,24,25)(H,26,27,28);;/q;+1;-1. The Kier molecular flexibility index (Phi) is 6.18. The SMILES string of the molecule is O=S(=O)(O)c1cc2ccc3c(S(=O)(=O)O)cc(S(=O)(=O)O)c4ccc(c1S(=O)(=O)O)c2c34.[H-].[Na+]. The minimum atomic E-state index is -5.29. The Morgan fingerprint density at radius 1 is 0.515 bits per heavy atom. The van der Waals surface area contributed by atoms with Crippen LogP contribution in [0, 0.1) is 0 Å². The zero-order valence-corrected chi connectivity index (χ0v) is 21.4. The van der Waals surface area contributed by atoms with Crippen LogP contribution in [0.3, 0.4) is 0 Å². The normalized spacial score (nSPS) is 13.6. The molecule has 172 valence electrons. The van der Waals surface area contributed by atoms with E-state index in [4.69, 9.17) is 0 Å². The zero-order valence-electron chi connectivity index (χ0n) is 17.2. The summed E-state index contributed by atoms with van der Waals surface area (Å²) in [5, 5.41) is -1.64. The van der Waals surface area contributed by atoms with Crippen LogP contribution in [0.5, 0.6) is 0 Å². The summed E-state index contributed by atoms with van der Waals surface area (Å²) >= 11 is 0. The minimum absolute atomic E-state index is 0. The fourth-order valence-electron chi connectivity index (χ4n) is 3.74. The molecule has 0 aliphatic carbocycles. The summed E-state index contributed by atoms with van der Waals surface area (Å²) in [7, 11) is -20.6. The molecule has 0 saturated heterocycles. The van der Waals surface area contributed by atoms with Crippen molar-refractivity contribution in [2.45, 2.75) is 19.6 Å². The van der Waals surface area contributed by atoms with E-state index in [-0.39, 0.29) is 57.9 Å². The first-order valence-corrected chi connectivity index (χ1v) is 13.9. The molecule has 4 aromatic carbocycles. The summed E-state index contributed by atoms with van der Waals surface area (Å²) in [5.74, 6) is 0. The van der Waals surface area contributed by atoms with E-state index < -0.39 is 65.4 Å². The van der Waals surface area contributed by atoms with Gasteiger partial charge in [0.25, 0.3) is 40.5 Å². The predicted molar refractivity (Wildman–Crippen MR) is 111 cm³/mol. The molecule has 0 atom stereocenters. The smallest absolute Gasteiger partial charge is 1.00 e. The molecule has 0 saturated carbocycles. The number of hydrogen-bond acceptors (Lipinski definition) is 8. The Labute approximate surface area is 210 Å². The second-order valence-electron chi connectivity index (χ2n) is 6.72. The molecule has 0 fully saturated rings. The molecule has 0 aromatic heterocycles. The van der Waals surface area contributed by atoms with Gasteiger partial charge in [-0.1, -0.05) is 24.3 Å². The van der Waals surface area contributed by atoms with E-state index in [2.05, 4.69) is 0 Å². The van der Waals surface area contributed by atoms with Gasteiger partial charge in [0.1, 0.15) is 19.6 Å². The van der Waals surface area contributed by atoms with Gasteiger partial charge < -0.3 is 1.43 Å². The van der Waals surface area contributed by atoms with Gasteiger partial charge >= 0.3 is 29.6 Å². The molecule has 0 radical (unpaired) electrons. The van der Waals surface area contributed by atoms with E-state index in [9.17, 15) is 51.9 Å². The Balaban J connectivity index is 0.00000204. The molecule has 0 bridgehead atoms. The quantitative estimate of drug-likeness (QED) is 0.133. The minimum Gasteiger partial charge on any atom is -1.00 e. The molecule has 4 rings (SSSR count). The first kappa shape index (κ1) is 26.2. The first-order valence-electron chi connectivity index (χ1n) is 8.11. The molecule has 12 nitrogen and oxygen atoms in total. The molecular weight excluding hydrogens is 535 g/mol. The van der Waals surface area contributed by atoms with Crippen LogP contribution in [0.25, 0.3) is 32.3 Å². The third kappa shape index (κ3) is 4.25. The van der Waals surface area contributed by atoms with Crippen molar-refractivity contribution in [3.05, 3.63) is 36.4 Å². The molecular formula is C16H11NaO12S4. The zero-order chi connectivity index (χ0) is 24.0. The van der Waals surface area contributed by atoms with Crippen LogP contribution in [0.15, 0.2) is 56.0 Å². The second kappa shape index (κ2) is 7.79. The predicted octanol–water partition coefficient (Wildman–Crippen LogP) is -1.31. The average Bonchev–Trinajstić information content (AvgIpc) is 2.61. The van der Waals surface area contributed by atoms with E-state index in [1.807, 2.05) is 0 Å². The molecule has 0 aliphatic rings. The fourth-order valence-corrected chi connectivity index (χ4v) is 7.26. The van der Waals surface area contributed by atoms with E-state index in [0.717, 1.165) is 24.3 Å². The van der Waals surface area contributed by atoms with Gasteiger partial charge in [-0.3, -0.25) is 18.2 Å². The first-order chi connectivity index (χ1) is 14.4. The van der Waals surface area contributed by atoms with E-state index in [1.54, 1.807) is 0 Å². The number of benzene rings is 4. The van der Waals surface area contributed by atoms with E-state index in [1.165, 1.54) is 0 Å². The monoisotopic (exact) mass is 546 g/mol. The van der Waals surface area contributed by atoms with Crippen LogP contribution < -0.4 is 29.6 Å².